The normalized spacial score (nSPS) is 13.0. The number of benzene rings is 1. The summed E-state index contributed by atoms with van der Waals surface area (Å²) in [4.78, 5) is 21.9. The van der Waals surface area contributed by atoms with Gasteiger partial charge in [0.25, 0.3) is 5.69 Å². The van der Waals surface area contributed by atoms with Crippen LogP contribution < -0.4 is 9.47 Å². The number of nitro benzene ring substituents is 1. The maximum Gasteiger partial charge on any atom is 0.342 e. The maximum absolute atomic E-state index is 11.6. The maximum atomic E-state index is 11.6. The number of hydrogen-bond donors (Lipinski definition) is 0. The molecule has 0 aromatic heterocycles. The topological polar surface area (TPSA) is 87.9 Å². The molecule has 1 aliphatic heterocycles. The Morgan fingerprint density at radius 1 is 1.44 bits per heavy atom. The molecule has 1 aromatic carbocycles. The van der Waals surface area contributed by atoms with E-state index in [1.807, 2.05) is 0 Å². The Bertz CT molecular complexity index is 530. The highest BCUT2D eigenvalue weighted by atomic mass is 79.9. The van der Waals surface area contributed by atoms with Crippen LogP contribution in [0.25, 0.3) is 0 Å². The number of carbonyl (C=O) groups is 1. The molecule has 96 valence electrons. The first-order valence-electron chi connectivity index (χ1n) is 4.91. The molecule has 0 unspecified atom stereocenters. The van der Waals surface area contributed by atoms with Crippen molar-refractivity contribution in [3.8, 4) is 11.5 Å². The van der Waals surface area contributed by atoms with Gasteiger partial charge in [0.15, 0.2) is 11.5 Å². The van der Waals surface area contributed by atoms with E-state index < -0.39 is 10.9 Å². The van der Waals surface area contributed by atoms with Crippen molar-refractivity contribution in [2.75, 3.05) is 20.3 Å². The number of nitro groups is 1. The zero-order valence-electron chi connectivity index (χ0n) is 9.27. The SMILES string of the molecule is COC(=O)c1cc([N+](=O)[O-])c(Br)c2c1OCCO2. The zero-order valence-corrected chi connectivity index (χ0v) is 10.9. The van der Waals surface area contributed by atoms with Crippen molar-refractivity contribution in [1.29, 1.82) is 0 Å². The minimum atomic E-state index is -0.715. The van der Waals surface area contributed by atoms with Crippen LogP contribution in [-0.4, -0.2) is 31.2 Å². The number of carbonyl (C=O) groups excluding carboxylic acids is 1. The Kier molecular flexibility index (Phi) is 3.37. The van der Waals surface area contributed by atoms with Crippen molar-refractivity contribution in [1.82, 2.24) is 0 Å². The van der Waals surface area contributed by atoms with E-state index in [1.165, 1.54) is 7.11 Å². The molecule has 1 aromatic rings. The molecule has 0 spiro atoms. The summed E-state index contributed by atoms with van der Waals surface area (Å²) in [5.41, 5.74) is -0.304. The Balaban J connectivity index is 2.69. The minimum absolute atomic E-state index is 0.0258. The molecule has 0 N–H and O–H groups in total. The van der Waals surface area contributed by atoms with E-state index in [0.29, 0.717) is 0 Å². The van der Waals surface area contributed by atoms with E-state index in [1.54, 1.807) is 0 Å². The van der Waals surface area contributed by atoms with Gasteiger partial charge in [-0.05, 0) is 15.9 Å². The van der Waals surface area contributed by atoms with Crippen molar-refractivity contribution in [3.63, 3.8) is 0 Å². The van der Waals surface area contributed by atoms with E-state index in [2.05, 4.69) is 20.7 Å². The molecule has 0 radical (unpaired) electrons. The fourth-order valence-corrected chi connectivity index (χ4v) is 2.11. The number of ether oxygens (including phenoxy) is 3. The van der Waals surface area contributed by atoms with E-state index in [9.17, 15) is 14.9 Å². The second-order valence-electron chi connectivity index (χ2n) is 3.36. The number of hydrogen-bond acceptors (Lipinski definition) is 6. The average molecular weight is 318 g/mol. The van der Waals surface area contributed by atoms with Gasteiger partial charge in [-0.1, -0.05) is 0 Å². The molecule has 7 nitrogen and oxygen atoms in total. The van der Waals surface area contributed by atoms with Gasteiger partial charge >= 0.3 is 5.97 Å². The summed E-state index contributed by atoms with van der Waals surface area (Å²) >= 11 is 3.07. The Morgan fingerprint density at radius 3 is 2.61 bits per heavy atom. The van der Waals surface area contributed by atoms with Crippen LogP contribution in [0.4, 0.5) is 5.69 Å². The third-order valence-corrected chi connectivity index (χ3v) is 3.10. The summed E-state index contributed by atoms with van der Waals surface area (Å²) in [5, 5.41) is 10.9. The molecule has 0 amide bonds. The number of nitrogens with zero attached hydrogens (tertiary/aromatic N) is 1. The third kappa shape index (κ3) is 1.99. The van der Waals surface area contributed by atoms with Gasteiger partial charge in [-0.3, -0.25) is 10.1 Å². The lowest BCUT2D eigenvalue weighted by atomic mass is 10.1. The lowest BCUT2D eigenvalue weighted by Crippen LogP contribution is -2.19. The van der Waals surface area contributed by atoms with Crippen molar-refractivity contribution >= 4 is 27.6 Å². The number of rotatable bonds is 2. The van der Waals surface area contributed by atoms with Gasteiger partial charge < -0.3 is 14.2 Å². The van der Waals surface area contributed by atoms with Crippen LogP contribution in [0.1, 0.15) is 10.4 Å². The predicted octanol–water partition coefficient (Wildman–Crippen LogP) is 1.92. The molecular weight excluding hydrogens is 310 g/mol. The summed E-state index contributed by atoms with van der Waals surface area (Å²) in [7, 11) is 1.19. The van der Waals surface area contributed by atoms with E-state index in [0.717, 1.165) is 6.07 Å². The van der Waals surface area contributed by atoms with Gasteiger partial charge in [-0.25, -0.2) is 4.79 Å². The summed E-state index contributed by atoms with van der Waals surface area (Å²) in [5.74, 6) is -0.409. The lowest BCUT2D eigenvalue weighted by molar-refractivity contribution is -0.385. The van der Waals surface area contributed by atoms with Crippen LogP contribution in [-0.2, 0) is 4.74 Å². The molecular formula is C10H8BrNO6. The van der Waals surface area contributed by atoms with Crippen LogP contribution >= 0.6 is 15.9 Å². The first-order chi connectivity index (χ1) is 8.56. The second kappa shape index (κ2) is 4.81. The average Bonchev–Trinajstić information content (AvgIpc) is 2.38. The van der Waals surface area contributed by atoms with Gasteiger partial charge in [0, 0.05) is 6.07 Å². The molecule has 0 atom stereocenters. The van der Waals surface area contributed by atoms with Gasteiger partial charge in [0.05, 0.1) is 12.0 Å². The quantitative estimate of drug-likeness (QED) is 0.470. The van der Waals surface area contributed by atoms with Crippen LogP contribution in [0.15, 0.2) is 10.5 Å². The Hall–Kier alpha value is -1.83. The monoisotopic (exact) mass is 317 g/mol. The van der Waals surface area contributed by atoms with Crippen LogP contribution in [0.3, 0.4) is 0 Å². The molecule has 0 saturated heterocycles. The number of methoxy groups -OCH3 is 1. The van der Waals surface area contributed by atoms with Crippen LogP contribution in [0.2, 0.25) is 0 Å². The summed E-state index contributed by atoms with van der Waals surface area (Å²) < 4.78 is 15.3. The molecule has 0 fully saturated rings. The van der Waals surface area contributed by atoms with Gasteiger partial charge in [-0.15, -0.1) is 0 Å². The molecule has 1 heterocycles. The molecule has 2 rings (SSSR count). The van der Waals surface area contributed by atoms with Crippen molar-refractivity contribution in [3.05, 3.63) is 26.2 Å². The van der Waals surface area contributed by atoms with Crippen molar-refractivity contribution in [2.45, 2.75) is 0 Å². The van der Waals surface area contributed by atoms with Gasteiger partial charge in [0.2, 0.25) is 0 Å². The van der Waals surface area contributed by atoms with E-state index in [4.69, 9.17) is 9.47 Å². The number of esters is 1. The summed E-state index contributed by atoms with van der Waals surface area (Å²) in [6.45, 7) is 0.522. The minimum Gasteiger partial charge on any atom is -0.485 e. The molecule has 0 bridgehead atoms. The largest absolute Gasteiger partial charge is 0.485 e. The number of halogens is 1. The van der Waals surface area contributed by atoms with Crippen LogP contribution in [0.5, 0.6) is 11.5 Å². The highest BCUT2D eigenvalue weighted by Gasteiger charge is 2.30. The second-order valence-corrected chi connectivity index (χ2v) is 4.15. The Labute approximate surface area is 110 Å². The predicted molar refractivity (Wildman–Crippen MR) is 63.1 cm³/mol. The van der Waals surface area contributed by atoms with E-state index in [-0.39, 0.29) is 40.4 Å². The lowest BCUT2D eigenvalue weighted by Gasteiger charge is -2.21. The molecule has 1 aliphatic rings. The first-order valence-corrected chi connectivity index (χ1v) is 5.70. The highest BCUT2D eigenvalue weighted by molar-refractivity contribution is 9.10. The first kappa shape index (κ1) is 12.6. The molecule has 8 heteroatoms. The fraction of sp³-hybridized carbons (Fsp3) is 0.300. The third-order valence-electron chi connectivity index (χ3n) is 2.33. The molecule has 18 heavy (non-hydrogen) atoms. The molecule has 0 aliphatic carbocycles. The van der Waals surface area contributed by atoms with Crippen molar-refractivity contribution < 1.29 is 23.9 Å². The molecule has 0 saturated carbocycles. The zero-order chi connectivity index (χ0) is 13.3. The van der Waals surface area contributed by atoms with Crippen LogP contribution in [0, 0.1) is 10.1 Å². The summed E-state index contributed by atoms with van der Waals surface area (Å²) in [6, 6.07) is 1.10. The van der Waals surface area contributed by atoms with E-state index >= 15 is 0 Å². The van der Waals surface area contributed by atoms with Gasteiger partial charge in [0.1, 0.15) is 23.2 Å². The highest BCUT2D eigenvalue weighted by Crippen LogP contribution is 2.45. The number of fused-ring (bicyclic) bond motifs is 1. The summed E-state index contributed by atoms with van der Waals surface area (Å²) in [6.07, 6.45) is 0. The van der Waals surface area contributed by atoms with Gasteiger partial charge in [-0.2, -0.15) is 0 Å². The van der Waals surface area contributed by atoms with Crippen molar-refractivity contribution in [2.24, 2.45) is 0 Å². The smallest absolute Gasteiger partial charge is 0.342 e. The Morgan fingerprint density at radius 2 is 2.06 bits per heavy atom. The standard InChI is InChI=1S/C10H8BrNO6/c1-16-10(13)5-4-6(12(14)15)7(11)9-8(5)17-2-3-18-9/h4H,2-3H2,1H3. The fourth-order valence-electron chi connectivity index (χ4n) is 1.56.